The number of amides is 2. The molecule has 0 radical (unpaired) electrons. The number of nitrogens with two attached hydrogens (primary N) is 1. The second-order valence-corrected chi connectivity index (χ2v) is 9.96. The molecule has 1 unspecified atom stereocenters. The Balaban J connectivity index is 1.33. The lowest BCUT2D eigenvalue weighted by Crippen LogP contribution is -2.46. The summed E-state index contributed by atoms with van der Waals surface area (Å²) in [5.41, 5.74) is 7.24. The SMILES string of the molecule is C[C@]12CC1N(C(=O)Cn1c3ncccc3c3c(N)ncnc31)[C@H](C(=O)Nc1cccc(Br)n1)C2. The van der Waals surface area contributed by atoms with Gasteiger partial charge in [0.1, 0.15) is 46.4 Å². The van der Waals surface area contributed by atoms with E-state index in [0.717, 1.165) is 11.8 Å². The molecule has 2 fully saturated rings. The molecule has 4 aromatic heterocycles. The van der Waals surface area contributed by atoms with Crippen LogP contribution < -0.4 is 11.1 Å². The summed E-state index contributed by atoms with van der Waals surface area (Å²) in [6.45, 7) is 2.12. The molecule has 5 heterocycles. The van der Waals surface area contributed by atoms with Crippen molar-refractivity contribution in [2.45, 2.75) is 38.4 Å². The Labute approximate surface area is 202 Å². The van der Waals surface area contributed by atoms with Gasteiger partial charge in [-0.25, -0.2) is 19.9 Å². The monoisotopic (exact) mass is 520 g/mol. The molecule has 1 aliphatic carbocycles. The van der Waals surface area contributed by atoms with Gasteiger partial charge in [0.25, 0.3) is 0 Å². The fraction of sp³-hybridized carbons (Fsp3) is 0.304. The van der Waals surface area contributed by atoms with E-state index in [2.05, 4.69) is 48.1 Å². The predicted molar refractivity (Wildman–Crippen MR) is 130 cm³/mol. The summed E-state index contributed by atoms with van der Waals surface area (Å²) in [6, 6.07) is 8.47. The first-order chi connectivity index (χ1) is 16.4. The highest BCUT2D eigenvalue weighted by Gasteiger charge is 2.64. The number of likely N-dealkylation sites (tertiary alicyclic amines) is 1. The van der Waals surface area contributed by atoms with Gasteiger partial charge in [0, 0.05) is 17.6 Å². The van der Waals surface area contributed by atoms with E-state index in [9.17, 15) is 9.59 Å². The number of rotatable bonds is 4. The van der Waals surface area contributed by atoms with E-state index in [1.807, 2.05) is 12.1 Å². The second kappa shape index (κ2) is 7.45. The molecule has 34 heavy (non-hydrogen) atoms. The van der Waals surface area contributed by atoms with Crippen molar-refractivity contribution in [3.05, 3.63) is 47.5 Å². The number of nitrogen functional groups attached to an aromatic ring is 1. The minimum Gasteiger partial charge on any atom is -0.383 e. The molecule has 0 spiro atoms. The average Bonchev–Trinajstić information content (AvgIpc) is 3.21. The number of carbonyl (C=O) groups is 2. The number of halogens is 1. The molecule has 1 aliphatic heterocycles. The van der Waals surface area contributed by atoms with Crippen molar-refractivity contribution in [3.63, 3.8) is 0 Å². The van der Waals surface area contributed by atoms with Crippen LogP contribution in [0, 0.1) is 5.41 Å². The lowest BCUT2D eigenvalue weighted by atomic mass is 10.0. The molecule has 2 amide bonds. The summed E-state index contributed by atoms with van der Waals surface area (Å²) in [5, 5.41) is 4.32. The number of pyridine rings is 2. The lowest BCUT2D eigenvalue weighted by Gasteiger charge is -2.27. The van der Waals surface area contributed by atoms with Crippen molar-refractivity contribution in [1.29, 1.82) is 0 Å². The van der Waals surface area contributed by atoms with E-state index in [1.54, 1.807) is 33.9 Å². The van der Waals surface area contributed by atoms with Gasteiger partial charge in [0.15, 0.2) is 0 Å². The van der Waals surface area contributed by atoms with Crippen molar-refractivity contribution in [1.82, 2.24) is 29.4 Å². The maximum Gasteiger partial charge on any atom is 0.248 e. The third-order valence-electron chi connectivity index (χ3n) is 6.91. The zero-order valence-corrected chi connectivity index (χ0v) is 19.9. The molecule has 0 bridgehead atoms. The molecular weight excluding hydrogens is 500 g/mol. The van der Waals surface area contributed by atoms with Gasteiger partial charge in [-0.05, 0) is 58.5 Å². The highest BCUT2D eigenvalue weighted by Crippen LogP contribution is 2.59. The largest absolute Gasteiger partial charge is 0.383 e. The predicted octanol–water partition coefficient (Wildman–Crippen LogP) is 2.74. The Hall–Kier alpha value is -3.60. The maximum atomic E-state index is 13.7. The van der Waals surface area contributed by atoms with Crippen LogP contribution in [0.25, 0.3) is 22.1 Å². The van der Waals surface area contributed by atoms with E-state index in [1.165, 1.54) is 6.33 Å². The van der Waals surface area contributed by atoms with Gasteiger partial charge < -0.3 is 20.5 Å². The molecule has 3 N–H and O–H groups in total. The Morgan fingerprint density at radius 3 is 2.85 bits per heavy atom. The highest BCUT2D eigenvalue weighted by atomic mass is 79.9. The van der Waals surface area contributed by atoms with Gasteiger partial charge in [0.2, 0.25) is 11.8 Å². The van der Waals surface area contributed by atoms with Crippen molar-refractivity contribution in [2.75, 3.05) is 11.1 Å². The Morgan fingerprint density at radius 2 is 2.03 bits per heavy atom. The number of nitrogens with one attached hydrogen (secondary N) is 1. The third-order valence-corrected chi connectivity index (χ3v) is 7.35. The molecule has 3 atom stereocenters. The summed E-state index contributed by atoms with van der Waals surface area (Å²) < 4.78 is 2.38. The number of fused-ring (bicyclic) bond motifs is 4. The summed E-state index contributed by atoms with van der Waals surface area (Å²) >= 11 is 3.32. The minimum absolute atomic E-state index is 0.00103. The molecular formula is C23H21BrN8O2. The zero-order chi connectivity index (χ0) is 23.6. The van der Waals surface area contributed by atoms with E-state index in [4.69, 9.17) is 5.73 Å². The van der Waals surface area contributed by atoms with Crippen molar-refractivity contribution < 1.29 is 9.59 Å². The first-order valence-corrected chi connectivity index (χ1v) is 11.7. The van der Waals surface area contributed by atoms with E-state index in [0.29, 0.717) is 39.3 Å². The molecule has 0 aromatic carbocycles. The lowest BCUT2D eigenvalue weighted by molar-refractivity contribution is -0.138. The smallest absolute Gasteiger partial charge is 0.248 e. The number of anilines is 2. The standard InChI is InChI=1S/C23H21BrN8O2/c1-23-8-13(22(34)30-16-6-2-5-15(24)29-16)32(14(23)9-23)17(33)10-31-20-12(4-3-7-26-20)18-19(25)27-11-28-21(18)31/h2-7,11,13-14H,8-10H2,1H3,(H2,25,27,28)(H,29,30,34)/t13-,14?,23-/m0/s1. The number of hydrogen-bond donors (Lipinski definition) is 2. The molecule has 6 rings (SSSR count). The number of nitrogens with zero attached hydrogens (tertiary/aromatic N) is 6. The average molecular weight is 521 g/mol. The second-order valence-electron chi connectivity index (χ2n) is 9.15. The fourth-order valence-corrected chi connectivity index (χ4v) is 5.52. The van der Waals surface area contributed by atoms with Gasteiger partial charge in [0.05, 0.1) is 5.39 Å². The Morgan fingerprint density at radius 1 is 1.18 bits per heavy atom. The Bertz CT molecular complexity index is 1490. The van der Waals surface area contributed by atoms with Crippen molar-refractivity contribution >= 4 is 61.4 Å². The van der Waals surface area contributed by atoms with Crippen LogP contribution in [0.1, 0.15) is 19.8 Å². The summed E-state index contributed by atoms with van der Waals surface area (Å²) in [5.74, 6) is 0.384. The normalized spacial score (nSPS) is 23.3. The van der Waals surface area contributed by atoms with Crippen LogP contribution in [0.15, 0.2) is 47.5 Å². The third kappa shape index (κ3) is 3.22. The number of aromatic nitrogens is 5. The van der Waals surface area contributed by atoms with Crippen LogP contribution in [-0.2, 0) is 16.1 Å². The van der Waals surface area contributed by atoms with Crippen LogP contribution in [0.4, 0.5) is 11.6 Å². The fourth-order valence-electron chi connectivity index (χ4n) is 5.17. The first-order valence-electron chi connectivity index (χ1n) is 10.9. The first kappa shape index (κ1) is 21.0. The van der Waals surface area contributed by atoms with Crippen molar-refractivity contribution in [2.24, 2.45) is 5.41 Å². The van der Waals surface area contributed by atoms with Crippen LogP contribution in [0.2, 0.25) is 0 Å². The van der Waals surface area contributed by atoms with Gasteiger partial charge >= 0.3 is 0 Å². The topological polar surface area (TPSA) is 132 Å². The highest BCUT2D eigenvalue weighted by molar-refractivity contribution is 9.10. The number of hydrogen-bond acceptors (Lipinski definition) is 7. The van der Waals surface area contributed by atoms with Crippen LogP contribution >= 0.6 is 15.9 Å². The summed E-state index contributed by atoms with van der Waals surface area (Å²) in [6.07, 6.45) is 4.55. The van der Waals surface area contributed by atoms with Gasteiger partial charge in [-0.1, -0.05) is 13.0 Å². The van der Waals surface area contributed by atoms with Crippen LogP contribution in [0.5, 0.6) is 0 Å². The summed E-state index contributed by atoms with van der Waals surface area (Å²) in [4.78, 5) is 45.9. The molecule has 172 valence electrons. The van der Waals surface area contributed by atoms with Crippen LogP contribution in [0.3, 0.4) is 0 Å². The van der Waals surface area contributed by atoms with Crippen LogP contribution in [-0.4, -0.2) is 53.3 Å². The minimum atomic E-state index is -0.572. The van der Waals surface area contributed by atoms with Gasteiger partial charge in [-0.2, -0.15) is 0 Å². The summed E-state index contributed by atoms with van der Waals surface area (Å²) in [7, 11) is 0. The van der Waals surface area contributed by atoms with E-state index in [-0.39, 0.29) is 29.8 Å². The molecule has 4 aromatic rings. The molecule has 10 nitrogen and oxygen atoms in total. The van der Waals surface area contributed by atoms with Crippen molar-refractivity contribution in [3.8, 4) is 0 Å². The maximum absolute atomic E-state index is 13.7. The Kier molecular flexibility index (Phi) is 4.60. The van der Waals surface area contributed by atoms with E-state index >= 15 is 0 Å². The van der Waals surface area contributed by atoms with Gasteiger partial charge in [-0.3, -0.25) is 9.59 Å². The molecule has 2 aliphatic rings. The zero-order valence-electron chi connectivity index (χ0n) is 18.3. The van der Waals surface area contributed by atoms with Gasteiger partial charge in [-0.15, -0.1) is 0 Å². The number of carbonyl (C=O) groups excluding carboxylic acids is 2. The molecule has 11 heteroatoms. The molecule has 1 saturated carbocycles. The van der Waals surface area contributed by atoms with E-state index < -0.39 is 6.04 Å². The number of piperidine rings is 1. The quantitative estimate of drug-likeness (QED) is 0.395. The molecule has 1 saturated heterocycles.